The summed E-state index contributed by atoms with van der Waals surface area (Å²) in [6.07, 6.45) is 4.26. The fourth-order valence-corrected chi connectivity index (χ4v) is 4.73. The van der Waals surface area contributed by atoms with Crippen LogP contribution in [0.4, 0.5) is 0 Å². The highest BCUT2D eigenvalue weighted by molar-refractivity contribution is 5.57. The van der Waals surface area contributed by atoms with Crippen LogP contribution < -0.4 is 4.74 Å². The molecule has 0 aliphatic carbocycles. The van der Waals surface area contributed by atoms with E-state index in [1.54, 1.807) is 7.11 Å². The summed E-state index contributed by atoms with van der Waals surface area (Å²) < 4.78 is 14.4. The molecule has 2 aromatic carbocycles. The molecule has 0 radical (unpaired) electrons. The summed E-state index contributed by atoms with van der Waals surface area (Å²) in [5.41, 5.74) is 4.64. The lowest BCUT2D eigenvalue weighted by molar-refractivity contribution is -0.120. The van der Waals surface area contributed by atoms with Crippen LogP contribution in [0.25, 0.3) is 11.3 Å². The maximum Gasteiger partial charge on any atom is 0.122 e. The Morgan fingerprint density at radius 2 is 1.91 bits per heavy atom. The summed E-state index contributed by atoms with van der Waals surface area (Å²) in [4.78, 5) is 2.57. The van der Waals surface area contributed by atoms with E-state index in [4.69, 9.17) is 14.6 Å². The molecule has 0 bridgehead atoms. The van der Waals surface area contributed by atoms with Gasteiger partial charge in [-0.3, -0.25) is 9.58 Å². The number of hydrogen-bond donors (Lipinski definition) is 0. The van der Waals surface area contributed by atoms with Crippen LogP contribution in [0.15, 0.2) is 60.8 Å². The van der Waals surface area contributed by atoms with Crippen molar-refractivity contribution in [2.45, 2.75) is 58.4 Å². The summed E-state index contributed by atoms with van der Waals surface area (Å²) in [6.45, 7) is 9.45. The van der Waals surface area contributed by atoms with Gasteiger partial charge in [-0.25, -0.2) is 0 Å². The molecule has 32 heavy (non-hydrogen) atoms. The van der Waals surface area contributed by atoms with Crippen LogP contribution in [0.2, 0.25) is 0 Å². The number of hydrogen-bond acceptors (Lipinski definition) is 4. The van der Waals surface area contributed by atoms with Gasteiger partial charge in [0.25, 0.3) is 0 Å². The van der Waals surface area contributed by atoms with Gasteiger partial charge in [0.15, 0.2) is 0 Å². The Balaban J connectivity index is 1.51. The molecule has 0 spiro atoms. The van der Waals surface area contributed by atoms with E-state index in [0.29, 0.717) is 6.04 Å². The normalized spacial score (nSPS) is 21.6. The number of methoxy groups -OCH3 is 1. The average molecular weight is 434 g/mol. The van der Waals surface area contributed by atoms with Gasteiger partial charge in [0.1, 0.15) is 5.75 Å². The molecule has 0 unspecified atom stereocenters. The Morgan fingerprint density at radius 3 is 2.66 bits per heavy atom. The Kier molecular flexibility index (Phi) is 7.28. The third-order valence-corrected chi connectivity index (χ3v) is 6.52. The fraction of sp³-hybridized carbons (Fsp3) is 0.444. The molecule has 2 heterocycles. The maximum atomic E-state index is 6.69. The first kappa shape index (κ1) is 22.6. The van der Waals surface area contributed by atoms with Crippen LogP contribution in [0.1, 0.15) is 31.4 Å². The minimum Gasteiger partial charge on any atom is -0.496 e. The molecule has 0 amide bonds. The molecule has 5 nitrogen and oxygen atoms in total. The van der Waals surface area contributed by atoms with E-state index in [-0.39, 0.29) is 12.2 Å². The minimum absolute atomic E-state index is 0.0984. The number of rotatable bonds is 8. The van der Waals surface area contributed by atoms with Gasteiger partial charge in [0.05, 0.1) is 31.6 Å². The van der Waals surface area contributed by atoms with Crippen molar-refractivity contribution >= 4 is 0 Å². The molecule has 1 fully saturated rings. The zero-order valence-corrected chi connectivity index (χ0v) is 19.7. The monoisotopic (exact) mass is 433 g/mol. The SMILES string of the molecule is CCCN1C[C@@H](Cn2ccc(-c3ccccc3)n2)O[C@H](Cc2c(C)cccc2OC)[C@H]1C. The van der Waals surface area contributed by atoms with Crippen molar-refractivity contribution in [3.63, 3.8) is 0 Å². The summed E-state index contributed by atoms with van der Waals surface area (Å²) in [5.74, 6) is 0.949. The molecule has 4 rings (SSSR count). The average Bonchev–Trinajstić information content (AvgIpc) is 3.27. The number of nitrogens with zero attached hydrogens (tertiary/aromatic N) is 3. The first-order valence-corrected chi connectivity index (χ1v) is 11.7. The quantitative estimate of drug-likeness (QED) is 0.502. The highest BCUT2D eigenvalue weighted by Crippen LogP contribution is 2.29. The lowest BCUT2D eigenvalue weighted by Gasteiger charge is -2.43. The molecule has 1 aromatic heterocycles. The Hall–Kier alpha value is -2.63. The molecule has 170 valence electrons. The fourth-order valence-electron chi connectivity index (χ4n) is 4.73. The van der Waals surface area contributed by atoms with E-state index in [0.717, 1.165) is 49.5 Å². The second-order valence-corrected chi connectivity index (χ2v) is 8.78. The summed E-state index contributed by atoms with van der Waals surface area (Å²) >= 11 is 0. The summed E-state index contributed by atoms with van der Waals surface area (Å²) in [6, 6.07) is 19.0. The predicted octanol–water partition coefficient (Wildman–Crippen LogP) is 4.98. The maximum absolute atomic E-state index is 6.69. The third-order valence-electron chi connectivity index (χ3n) is 6.52. The van der Waals surface area contributed by atoms with Crippen LogP contribution in [0.5, 0.6) is 5.75 Å². The zero-order valence-electron chi connectivity index (χ0n) is 19.7. The summed E-state index contributed by atoms with van der Waals surface area (Å²) in [5, 5.41) is 4.81. The number of ether oxygens (including phenoxy) is 2. The van der Waals surface area contributed by atoms with E-state index in [1.807, 2.05) is 28.9 Å². The Bertz CT molecular complexity index is 1000. The van der Waals surface area contributed by atoms with Gasteiger partial charge in [-0.2, -0.15) is 5.10 Å². The van der Waals surface area contributed by atoms with Gasteiger partial charge >= 0.3 is 0 Å². The van der Waals surface area contributed by atoms with Gasteiger partial charge in [0, 0.05) is 30.8 Å². The van der Waals surface area contributed by atoms with Crippen molar-refractivity contribution in [2.24, 2.45) is 0 Å². The molecule has 3 atom stereocenters. The molecule has 1 aliphatic heterocycles. The molecular formula is C27H35N3O2. The van der Waals surface area contributed by atoms with Gasteiger partial charge in [0.2, 0.25) is 0 Å². The second kappa shape index (κ2) is 10.3. The van der Waals surface area contributed by atoms with Crippen LogP contribution in [0, 0.1) is 6.92 Å². The van der Waals surface area contributed by atoms with Crippen LogP contribution in [-0.2, 0) is 17.7 Å². The van der Waals surface area contributed by atoms with Crippen molar-refractivity contribution in [1.29, 1.82) is 0 Å². The largest absolute Gasteiger partial charge is 0.496 e. The van der Waals surface area contributed by atoms with E-state index >= 15 is 0 Å². The number of aromatic nitrogens is 2. The third kappa shape index (κ3) is 5.05. The second-order valence-electron chi connectivity index (χ2n) is 8.78. The van der Waals surface area contributed by atoms with Crippen LogP contribution >= 0.6 is 0 Å². The first-order valence-electron chi connectivity index (χ1n) is 11.7. The van der Waals surface area contributed by atoms with Gasteiger partial charge in [-0.05, 0) is 50.1 Å². The number of morpholine rings is 1. The van der Waals surface area contributed by atoms with Gasteiger partial charge in [-0.15, -0.1) is 0 Å². The lowest BCUT2D eigenvalue weighted by atomic mass is 9.95. The molecule has 1 aliphatic rings. The van der Waals surface area contributed by atoms with Crippen LogP contribution in [0.3, 0.4) is 0 Å². The lowest BCUT2D eigenvalue weighted by Crippen LogP contribution is -2.55. The molecule has 5 heteroatoms. The Labute approximate surface area is 192 Å². The van der Waals surface area contributed by atoms with Crippen molar-refractivity contribution < 1.29 is 9.47 Å². The standard InChI is InChI=1S/C27H35N3O2/c1-5-15-29-18-23(19-30-16-14-25(28-30)22-11-7-6-8-12-22)32-27(21(29)3)17-24-20(2)10-9-13-26(24)31-4/h6-14,16,21,23,27H,5,15,17-19H2,1-4H3/t21-,23+,27-/m1/s1. The number of aryl methyl sites for hydroxylation is 1. The van der Waals surface area contributed by atoms with E-state index < -0.39 is 0 Å². The zero-order chi connectivity index (χ0) is 22.5. The highest BCUT2D eigenvalue weighted by Gasteiger charge is 2.34. The molecule has 1 saturated heterocycles. The van der Waals surface area contributed by atoms with Crippen molar-refractivity contribution in [3.8, 4) is 17.0 Å². The van der Waals surface area contributed by atoms with Crippen molar-refractivity contribution in [3.05, 3.63) is 71.9 Å². The molecule has 3 aromatic rings. The summed E-state index contributed by atoms with van der Waals surface area (Å²) in [7, 11) is 1.75. The Morgan fingerprint density at radius 1 is 1.09 bits per heavy atom. The van der Waals surface area contributed by atoms with Crippen LogP contribution in [-0.4, -0.2) is 53.1 Å². The smallest absolute Gasteiger partial charge is 0.122 e. The number of benzene rings is 2. The highest BCUT2D eigenvalue weighted by atomic mass is 16.5. The predicted molar refractivity (Wildman–Crippen MR) is 129 cm³/mol. The first-order chi connectivity index (χ1) is 15.6. The van der Waals surface area contributed by atoms with Gasteiger partial charge < -0.3 is 9.47 Å². The van der Waals surface area contributed by atoms with E-state index in [9.17, 15) is 0 Å². The molecule has 0 N–H and O–H groups in total. The van der Waals surface area contributed by atoms with Crippen molar-refractivity contribution in [2.75, 3.05) is 20.2 Å². The van der Waals surface area contributed by atoms with E-state index in [2.05, 4.69) is 62.2 Å². The minimum atomic E-state index is 0.0984. The molecular weight excluding hydrogens is 398 g/mol. The topological polar surface area (TPSA) is 39.5 Å². The van der Waals surface area contributed by atoms with Crippen molar-refractivity contribution in [1.82, 2.24) is 14.7 Å². The van der Waals surface area contributed by atoms with E-state index in [1.165, 1.54) is 11.1 Å². The van der Waals surface area contributed by atoms with Gasteiger partial charge in [-0.1, -0.05) is 49.4 Å². The molecule has 0 saturated carbocycles.